The highest BCUT2D eigenvalue weighted by atomic mass is 19.1. The number of rotatable bonds is 2. The second-order valence-corrected chi connectivity index (χ2v) is 1.97. The second-order valence-electron chi connectivity index (χ2n) is 1.97. The largest absolute Gasteiger partial charge is 0.302 e. The molecular formula is C9H6FNO. The van der Waals surface area contributed by atoms with Crippen molar-refractivity contribution in [1.82, 2.24) is 0 Å². The number of carbonyl (C=O) groups excluding carboxylic acids is 1. The summed E-state index contributed by atoms with van der Waals surface area (Å²) in [5.74, 6) is -2.71. The predicted octanol–water partition coefficient (Wildman–Crippen LogP) is 1.63. The first kappa shape index (κ1) is 4.36. The third kappa shape index (κ3) is 1.67. The molecule has 0 fully saturated rings. The predicted molar refractivity (Wildman–Crippen MR) is 40.8 cm³/mol. The van der Waals surface area contributed by atoms with Crippen LogP contribution in [0.15, 0.2) is 24.2 Å². The molecule has 3 heteroatoms. The van der Waals surface area contributed by atoms with Gasteiger partial charge in [0.15, 0.2) is 0 Å². The summed E-state index contributed by atoms with van der Waals surface area (Å²) >= 11 is 0. The van der Waals surface area contributed by atoms with E-state index >= 15 is 0 Å². The van der Waals surface area contributed by atoms with Crippen LogP contribution in [0.3, 0.4) is 0 Å². The number of nitriles is 1. The van der Waals surface area contributed by atoms with E-state index < -0.39 is 41.5 Å². The van der Waals surface area contributed by atoms with E-state index in [2.05, 4.69) is 0 Å². The first-order chi connectivity index (χ1) is 7.45. The standard InChI is InChI=1S/C9H6FNO/c10-9-3-1-7(2-4-9)8(5-11)6-12/h1-4,6,8H/i1D,2D,3D,4D. The fourth-order valence-corrected chi connectivity index (χ4v) is 0.625. The third-order valence-corrected chi connectivity index (χ3v) is 1.20. The lowest BCUT2D eigenvalue weighted by atomic mass is 10.0. The number of carbonyl (C=O) groups is 1. The normalized spacial score (nSPS) is 16.3. The smallest absolute Gasteiger partial charge is 0.141 e. The summed E-state index contributed by atoms with van der Waals surface area (Å²) in [6, 6.07) is -1.62. The van der Waals surface area contributed by atoms with Crippen molar-refractivity contribution >= 4 is 6.29 Å². The van der Waals surface area contributed by atoms with Gasteiger partial charge in [-0.1, -0.05) is 12.1 Å². The molecule has 0 heterocycles. The number of nitrogens with zero attached hydrogens (tertiary/aromatic N) is 1. The van der Waals surface area contributed by atoms with E-state index in [0.717, 1.165) is 0 Å². The topological polar surface area (TPSA) is 40.9 Å². The highest BCUT2D eigenvalue weighted by Crippen LogP contribution is 2.12. The summed E-state index contributed by atoms with van der Waals surface area (Å²) in [6.45, 7) is 0. The summed E-state index contributed by atoms with van der Waals surface area (Å²) in [6.07, 6.45) is 0.197. The summed E-state index contributed by atoms with van der Waals surface area (Å²) in [5.41, 5.74) is -0.395. The molecule has 0 aliphatic heterocycles. The summed E-state index contributed by atoms with van der Waals surface area (Å²) in [7, 11) is 0. The molecule has 0 N–H and O–H groups in total. The first-order valence-corrected chi connectivity index (χ1v) is 3.06. The van der Waals surface area contributed by atoms with Gasteiger partial charge < -0.3 is 4.79 Å². The molecule has 0 spiro atoms. The molecule has 2 nitrogen and oxygen atoms in total. The van der Waals surface area contributed by atoms with Crippen molar-refractivity contribution in [3.63, 3.8) is 0 Å². The lowest BCUT2D eigenvalue weighted by Gasteiger charge is -1.99. The molecule has 1 atom stereocenters. The Kier molecular flexibility index (Phi) is 1.32. The van der Waals surface area contributed by atoms with Crippen LogP contribution in [0.2, 0.25) is 0 Å². The number of benzene rings is 1. The van der Waals surface area contributed by atoms with Crippen LogP contribution in [0.5, 0.6) is 0 Å². The van der Waals surface area contributed by atoms with Crippen LogP contribution < -0.4 is 0 Å². The zero-order chi connectivity index (χ0) is 12.5. The van der Waals surface area contributed by atoms with E-state index in [-0.39, 0.29) is 6.29 Å². The van der Waals surface area contributed by atoms with Crippen LogP contribution in [0.4, 0.5) is 4.39 Å². The quantitative estimate of drug-likeness (QED) is 0.628. The minimum atomic E-state index is -1.42. The molecule has 0 aliphatic rings. The summed E-state index contributed by atoms with van der Waals surface area (Å²) < 4.78 is 42.2. The minimum absolute atomic E-state index is 0.197. The van der Waals surface area contributed by atoms with E-state index in [1.54, 1.807) is 0 Å². The molecule has 12 heavy (non-hydrogen) atoms. The molecule has 0 radical (unpaired) electrons. The molecular weight excluding hydrogens is 157 g/mol. The van der Waals surface area contributed by atoms with Crippen molar-refractivity contribution in [2.45, 2.75) is 5.92 Å². The fourth-order valence-electron chi connectivity index (χ4n) is 0.625. The maximum Gasteiger partial charge on any atom is 0.141 e. The Labute approximate surface area is 74.9 Å². The van der Waals surface area contributed by atoms with Crippen LogP contribution in [0.25, 0.3) is 0 Å². The van der Waals surface area contributed by atoms with Crippen molar-refractivity contribution in [2.75, 3.05) is 0 Å². The Morgan fingerprint density at radius 2 is 2.17 bits per heavy atom. The van der Waals surface area contributed by atoms with Gasteiger partial charge in [-0.15, -0.1) is 0 Å². The van der Waals surface area contributed by atoms with Gasteiger partial charge in [0.2, 0.25) is 0 Å². The molecule has 1 aromatic rings. The molecule has 0 aliphatic carbocycles. The van der Waals surface area contributed by atoms with Crippen LogP contribution in [-0.4, -0.2) is 6.29 Å². The summed E-state index contributed by atoms with van der Waals surface area (Å²) in [4.78, 5) is 10.5. The Balaban J connectivity index is 3.64. The van der Waals surface area contributed by atoms with E-state index in [1.165, 1.54) is 6.07 Å². The molecule has 0 bridgehead atoms. The lowest BCUT2D eigenvalue weighted by molar-refractivity contribution is -0.108. The van der Waals surface area contributed by atoms with Crippen molar-refractivity contribution in [1.29, 1.82) is 5.26 Å². The van der Waals surface area contributed by atoms with Crippen LogP contribution in [0.1, 0.15) is 17.0 Å². The van der Waals surface area contributed by atoms with Crippen LogP contribution >= 0.6 is 0 Å². The van der Waals surface area contributed by atoms with Gasteiger partial charge in [0.25, 0.3) is 0 Å². The lowest BCUT2D eigenvalue weighted by Crippen LogP contribution is -1.95. The van der Waals surface area contributed by atoms with Gasteiger partial charge in [-0.3, -0.25) is 0 Å². The van der Waals surface area contributed by atoms with Gasteiger partial charge in [0.1, 0.15) is 18.0 Å². The van der Waals surface area contributed by atoms with E-state index in [4.69, 9.17) is 10.7 Å². The zero-order valence-electron chi connectivity index (χ0n) is 9.89. The van der Waals surface area contributed by atoms with Crippen molar-refractivity contribution in [3.05, 3.63) is 35.6 Å². The maximum absolute atomic E-state index is 13.1. The number of hydrogen-bond donors (Lipinski definition) is 0. The summed E-state index contributed by atoms with van der Waals surface area (Å²) in [5, 5.41) is 8.62. The molecule has 1 rings (SSSR count). The Hall–Kier alpha value is -1.69. The number of halogens is 1. The SMILES string of the molecule is [2H]c1c([2H])c(C(C#N)C=O)c([2H])c([2H])c1F. The van der Waals surface area contributed by atoms with Crippen molar-refractivity contribution in [2.24, 2.45) is 0 Å². The average molecular weight is 167 g/mol. The Morgan fingerprint density at radius 1 is 1.58 bits per heavy atom. The molecule has 60 valence electrons. The molecule has 0 saturated heterocycles. The minimum Gasteiger partial charge on any atom is -0.302 e. The second kappa shape index (κ2) is 3.63. The molecule has 1 aromatic carbocycles. The fraction of sp³-hybridized carbons (Fsp3) is 0.111. The zero-order valence-corrected chi connectivity index (χ0v) is 5.89. The molecule has 1 unspecified atom stereocenters. The van der Waals surface area contributed by atoms with E-state index in [1.807, 2.05) is 0 Å². The van der Waals surface area contributed by atoms with Crippen molar-refractivity contribution in [3.8, 4) is 6.07 Å². The van der Waals surface area contributed by atoms with Crippen LogP contribution in [-0.2, 0) is 4.79 Å². The molecule has 0 amide bonds. The Bertz CT molecular complexity index is 468. The molecule has 0 saturated carbocycles. The highest BCUT2D eigenvalue weighted by molar-refractivity contribution is 5.66. The van der Waals surface area contributed by atoms with Gasteiger partial charge in [0.05, 0.1) is 11.6 Å². The van der Waals surface area contributed by atoms with Crippen molar-refractivity contribution < 1.29 is 14.7 Å². The highest BCUT2D eigenvalue weighted by Gasteiger charge is 2.07. The maximum atomic E-state index is 13.1. The van der Waals surface area contributed by atoms with Gasteiger partial charge in [-0.2, -0.15) is 5.26 Å². The Morgan fingerprint density at radius 3 is 2.58 bits per heavy atom. The average Bonchev–Trinajstić information content (AvgIpc) is 2.29. The van der Waals surface area contributed by atoms with Gasteiger partial charge in [-0.05, 0) is 17.6 Å². The number of hydrogen-bond acceptors (Lipinski definition) is 2. The third-order valence-electron chi connectivity index (χ3n) is 1.20. The van der Waals surface area contributed by atoms with Gasteiger partial charge in [0, 0.05) is 0 Å². The molecule has 0 aromatic heterocycles. The van der Waals surface area contributed by atoms with Crippen LogP contribution in [0, 0.1) is 17.1 Å². The van der Waals surface area contributed by atoms with E-state index in [0.29, 0.717) is 0 Å². The van der Waals surface area contributed by atoms with E-state index in [9.17, 15) is 9.18 Å². The monoisotopic (exact) mass is 167 g/mol. The number of aldehydes is 1. The van der Waals surface area contributed by atoms with Gasteiger partial charge in [-0.25, -0.2) is 4.39 Å². The first-order valence-electron chi connectivity index (χ1n) is 5.06. The van der Waals surface area contributed by atoms with Gasteiger partial charge >= 0.3 is 0 Å².